The van der Waals surface area contributed by atoms with Gasteiger partial charge >= 0.3 is 0 Å². The Morgan fingerprint density at radius 1 is 0.286 bits per heavy atom. The molecule has 91 heavy (non-hydrogen) atoms. The molecule has 510 valence electrons. The molecule has 0 spiro atoms. The molecule has 1 saturated carbocycles. The third kappa shape index (κ3) is 44.2. The zero-order valence-corrected chi connectivity index (χ0v) is 60.5. The molecule has 0 heterocycles. The van der Waals surface area contributed by atoms with Gasteiger partial charge in [-0.3, -0.25) is 0 Å². The molecular formula is C91H146. The lowest BCUT2D eigenvalue weighted by Crippen LogP contribution is -2.41. The summed E-state index contributed by atoms with van der Waals surface area (Å²) in [5.41, 5.74) is 11.6. The van der Waals surface area contributed by atoms with Crippen molar-refractivity contribution in [3.8, 4) is 11.1 Å². The molecule has 0 heteroatoms. The van der Waals surface area contributed by atoms with Crippen molar-refractivity contribution in [3.63, 3.8) is 0 Å². The maximum atomic E-state index is 2.43. The fourth-order valence-electron chi connectivity index (χ4n) is 9.64. The summed E-state index contributed by atoms with van der Waals surface area (Å²) in [7, 11) is 0. The molecule has 1 atom stereocenters. The summed E-state index contributed by atoms with van der Waals surface area (Å²) in [6.07, 6.45) is 4.85. The lowest BCUT2D eigenvalue weighted by Gasteiger charge is -2.48. The summed E-state index contributed by atoms with van der Waals surface area (Å²) in [6.45, 7) is 51.8. The first kappa shape index (κ1) is 103. The van der Waals surface area contributed by atoms with E-state index < -0.39 is 0 Å². The van der Waals surface area contributed by atoms with Crippen LogP contribution in [0.15, 0.2) is 279 Å². The Kier molecular flexibility index (Phi) is 81.4. The molecule has 0 N–H and O–H groups in total. The van der Waals surface area contributed by atoms with Crippen LogP contribution in [0.1, 0.15) is 255 Å². The van der Waals surface area contributed by atoms with E-state index in [0.717, 1.165) is 12.3 Å². The summed E-state index contributed by atoms with van der Waals surface area (Å²) < 4.78 is 0. The van der Waals surface area contributed by atoms with Crippen LogP contribution in [0.3, 0.4) is 0 Å². The molecule has 0 bridgehead atoms. The Morgan fingerprint density at radius 2 is 0.484 bits per heavy atom. The van der Waals surface area contributed by atoms with E-state index in [0.29, 0.717) is 5.41 Å². The Balaban J connectivity index is -0.000000125. The zero-order valence-electron chi connectivity index (χ0n) is 60.5. The fraction of sp³-hybridized carbons (Fsp3) is 0.407. The highest BCUT2D eigenvalue weighted by atomic mass is 14.5. The van der Waals surface area contributed by atoms with Crippen molar-refractivity contribution in [2.75, 3.05) is 0 Å². The molecule has 0 radical (unpaired) electrons. The first-order valence-corrected chi connectivity index (χ1v) is 34.1. The Morgan fingerprint density at radius 3 is 0.714 bits per heavy atom. The fourth-order valence-corrected chi connectivity index (χ4v) is 9.64. The van der Waals surface area contributed by atoms with Crippen molar-refractivity contribution in [1.29, 1.82) is 0 Å². The molecule has 1 fully saturated rings. The van der Waals surface area contributed by atoms with E-state index in [4.69, 9.17) is 0 Å². The van der Waals surface area contributed by atoms with Gasteiger partial charge in [0, 0.05) is 10.8 Å². The van der Waals surface area contributed by atoms with Crippen LogP contribution in [0.2, 0.25) is 0 Å². The van der Waals surface area contributed by atoms with Gasteiger partial charge in [-0.05, 0) is 81.5 Å². The van der Waals surface area contributed by atoms with Crippen LogP contribution in [-0.2, 0) is 17.3 Å². The quantitative estimate of drug-likeness (QED) is 0.149. The van der Waals surface area contributed by atoms with Crippen molar-refractivity contribution >= 4 is 0 Å². The summed E-state index contributed by atoms with van der Waals surface area (Å²) >= 11 is 0. The minimum Gasteiger partial charge on any atom is -0.0776 e. The average molecular weight is 1240 g/mol. The van der Waals surface area contributed by atoms with Crippen molar-refractivity contribution in [3.05, 3.63) is 312 Å². The standard InChI is InChI=1S/C21H26.C15H16.C13H12.C12H10.C6H6.10C2H6.4CH4/c1-17-14-20(2,3)16-21(15-17,18-10-6-4-7-11-18)19-12-8-5-9-13-19;1-15(2,13-9-5-3-6-10-13)14-11-7-4-8-12-14;1-3-7-12(8-4-1)11-13-9-5-2-6-10-13;1-3-7-11(8-4-1)12-9-5-2-6-10-12;1-2-4-6-5-3-1;10*1-2;;;;/h4-13,17H,14-16H2,1-3H3;3-12H,1-2H3;1-10H,11H2;1-10H;1-6H;10*1-2H3;4*1H4. The highest BCUT2D eigenvalue weighted by Crippen LogP contribution is 2.53. The van der Waals surface area contributed by atoms with E-state index in [1.807, 2.05) is 187 Å². The molecule has 0 amide bonds. The normalized spacial score (nSPS) is 11.2. The Bertz CT molecular complexity index is 2440. The van der Waals surface area contributed by atoms with Crippen LogP contribution >= 0.6 is 0 Å². The lowest BCUT2D eigenvalue weighted by molar-refractivity contribution is 0.127. The molecular weight excluding hydrogens is 1090 g/mol. The maximum absolute atomic E-state index is 2.43. The predicted octanol–water partition coefficient (Wildman–Crippen LogP) is 31.0. The predicted molar refractivity (Wildman–Crippen MR) is 430 cm³/mol. The minimum atomic E-state index is 0. The maximum Gasteiger partial charge on any atom is 0.0210 e. The Hall–Kier alpha value is -7.02. The van der Waals surface area contributed by atoms with Gasteiger partial charge in [0.1, 0.15) is 0 Å². The minimum absolute atomic E-state index is 0. The van der Waals surface area contributed by atoms with Gasteiger partial charge < -0.3 is 0 Å². The Labute approximate surface area is 570 Å². The number of hydrogen-bond acceptors (Lipinski definition) is 0. The summed E-state index contributed by atoms with van der Waals surface area (Å²) in [5.74, 6) is 0.758. The molecule has 1 aliphatic rings. The van der Waals surface area contributed by atoms with Gasteiger partial charge in [-0.2, -0.15) is 0 Å². The average Bonchev–Trinajstić information content (AvgIpc) is 0.777. The number of rotatable bonds is 7. The van der Waals surface area contributed by atoms with E-state index in [1.165, 1.54) is 63.8 Å². The summed E-state index contributed by atoms with van der Waals surface area (Å²) in [4.78, 5) is 0. The first-order chi connectivity index (χ1) is 42.6. The first-order valence-electron chi connectivity index (χ1n) is 34.1. The molecule has 1 aliphatic carbocycles. The van der Waals surface area contributed by atoms with E-state index in [-0.39, 0.29) is 40.5 Å². The molecule has 10 rings (SSSR count). The van der Waals surface area contributed by atoms with Crippen LogP contribution in [0, 0.1) is 11.3 Å². The zero-order chi connectivity index (χ0) is 67.1. The number of hydrogen-bond donors (Lipinski definition) is 0. The molecule has 0 aromatic heterocycles. The van der Waals surface area contributed by atoms with E-state index in [9.17, 15) is 0 Å². The molecule has 9 aromatic carbocycles. The third-order valence-corrected chi connectivity index (χ3v) is 12.7. The van der Waals surface area contributed by atoms with Crippen molar-refractivity contribution in [1.82, 2.24) is 0 Å². The second-order valence-corrected chi connectivity index (χ2v) is 19.1. The highest BCUT2D eigenvalue weighted by molar-refractivity contribution is 5.62. The second kappa shape index (κ2) is 72.0. The summed E-state index contributed by atoms with van der Waals surface area (Å²) in [6, 6.07) is 97.4. The van der Waals surface area contributed by atoms with Gasteiger partial charge in [0.05, 0.1) is 0 Å². The number of benzene rings is 9. The highest BCUT2D eigenvalue weighted by Gasteiger charge is 2.44. The van der Waals surface area contributed by atoms with Crippen LogP contribution < -0.4 is 0 Å². The van der Waals surface area contributed by atoms with Gasteiger partial charge in [-0.15, -0.1) is 0 Å². The largest absolute Gasteiger partial charge is 0.0776 e. The van der Waals surface area contributed by atoms with E-state index >= 15 is 0 Å². The van der Waals surface area contributed by atoms with Crippen LogP contribution in [0.5, 0.6) is 0 Å². The molecule has 9 aromatic rings. The lowest BCUT2D eigenvalue weighted by atomic mass is 9.55. The van der Waals surface area contributed by atoms with Gasteiger partial charge in [0.2, 0.25) is 0 Å². The van der Waals surface area contributed by atoms with E-state index in [2.05, 4.69) is 265 Å². The molecule has 0 nitrogen and oxygen atoms in total. The van der Waals surface area contributed by atoms with Crippen LogP contribution in [0.25, 0.3) is 11.1 Å². The van der Waals surface area contributed by atoms with Crippen LogP contribution in [-0.4, -0.2) is 0 Å². The topological polar surface area (TPSA) is 0 Å². The molecule has 1 unspecified atom stereocenters. The summed E-state index contributed by atoms with van der Waals surface area (Å²) in [5, 5.41) is 0. The van der Waals surface area contributed by atoms with Crippen molar-refractivity contribution in [2.24, 2.45) is 11.3 Å². The monoisotopic (exact) mass is 1240 g/mol. The molecule has 0 saturated heterocycles. The van der Waals surface area contributed by atoms with Gasteiger partial charge in [-0.1, -0.05) is 482 Å². The smallest absolute Gasteiger partial charge is 0.0210 e. The van der Waals surface area contributed by atoms with Gasteiger partial charge in [-0.25, -0.2) is 0 Å². The SMILES string of the molecule is C.C.C.C.CC.CC.CC.CC.CC.CC.CC.CC.CC.CC.CC(C)(c1ccccc1)c1ccccc1.CC1CC(C)(C)CC(c2ccccc2)(c2ccccc2)C1.c1ccc(-c2ccccc2)cc1.c1ccc(Cc2ccccc2)cc1.c1ccccc1. The second-order valence-electron chi connectivity index (χ2n) is 19.1. The van der Waals surface area contributed by atoms with Crippen LogP contribution in [0.4, 0.5) is 0 Å². The van der Waals surface area contributed by atoms with Crippen molar-refractivity contribution in [2.45, 2.75) is 239 Å². The molecule has 0 aliphatic heterocycles. The third-order valence-electron chi connectivity index (χ3n) is 12.7. The van der Waals surface area contributed by atoms with Gasteiger partial charge in [0.25, 0.3) is 0 Å². The van der Waals surface area contributed by atoms with Crippen molar-refractivity contribution < 1.29 is 0 Å². The van der Waals surface area contributed by atoms with E-state index in [1.54, 1.807) is 0 Å². The van der Waals surface area contributed by atoms with Gasteiger partial charge in [0.15, 0.2) is 0 Å².